The summed E-state index contributed by atoms with van der Waals surface area (Å²) in [7, 11) is 0. The normalized spacial score (nSPS) is 26.1. The first-order chi connectivity index (χ1) is 8.13. The van der Waals surface area contributed by atoms with E-state index in [1.165, 1.54) is 0 Å². The van der Waals surface area contributed by atoms with Gasteiger partial charge < -0.3 is 19.8 Å². The largest absolute Gasteiger partial charge is 0.406 e. The minimum absolute atomic E-state index is 0.0793. The highest BCUT2D eigenvalue weighted by atomic mass is 16.5. The van der Waals surface area contributed by atoms with Crippen LogP contribution >= 0.6 is 0 Å². The molecule has 6 heteroatoms. The van der Waals surface area contributed by atoms with E-state index in [2.05, 4.69) is 27.8 Å². The van der Waals surface area contributed by atoms with E-state index in [9.17, 15) is 0 Å². The van der Waals surface area contributed by atoms with Crippen LogP contribution in [0.5, 0.6) is 0 Å². The van der Waals surface area contributed by atoms with Crippen molar-refractivity contribution in [1.82, 2.24) is 15.5 Å². The zero-order chi connectivity index (χ0) is 12.3. The van der Waals surface area contributed by atoms with E-state index in [1.807, 2.05) is 13.8 Å². The number of anilines is 1. The van der Waals surface area contributed by atoms with Crippen LogP contribution in [0.25, 0.3) is 0 Å². The van der Waals surface area contributed by atoms with Crippen LogP contribution < -0.4 is 10.6 Å². The number of nitrogens with one attached hydrogen (secondary N) is 2. The summed E-state index contributed by atoms with van der Waals surface area (Å²) >= 11 is 0. The summed E-state index contributed by atoms with van der Waals surface area (Å²) in [6, 6.07) is 0.549. The molecule has 0 amide bonds. The van der Waals surface area contributed by atoms with Crippen molar-refractivity contribution in [2.45, 2.75) is 38.8 Å². The highest BCUT2D eigenvalue weighted by molar-refractivity contribution is 5.24. The Bertz CT molecular complexity index is 360. The van der Waals surface area contributed by atoms with Gasteiger partial charge in [-0.2, -0.15) is 0 Å². The lowest BCUT2D eigenvalue weighted by Crippen LogP contribution is -2.35. The van der Waals surface area contributed by atoms with E-state index in [0.29, 0.717) is 18.5 Å². The monoisotopic (exact) mass is 240 g/mol. The molecule has 2 unspecified atom stereocenters. The highest BCUT2D eigenvalue weighted by Gasteiger charge is 2.31. The predicted molar refractivity (Wildman–Crippen MR) is 63.9 cm³/mol. The molecule has 2 N–H and O–H groups in total. The second-order valence-electron chi connectivity index (χ2n) is 4.71. The third kappa shape index (κ3) is 2.95. The molecule has 1 aliphatic heterocycles. The van der Waals surface area contributed by atoms with Gasteiger partial charge in [0.1, 0.15) is 0 Å². The van der Waals surface area contributed by atoms with Crippen molar-refractivity contribution < 1.29 is 9.15 Å². The molecular formula is C11H20N4O2. The number of hydrogen-bond donors (Lipinski definition) is 2. The number of rotatable bonds is 5. The summed E-state index contributed by atoms with van der Waals surface area (Å²) in [6.07, 6.45) is 0.952. The second-order valence-corrected chi connectivity index (χ2v) is 4.71. The summed E-state index contributed by atoms with van der Waals surface area (Å²) in [6.45, 7) is 8.46. The van der Waals surface area contributed by atoms with Gasteiger partial charge in [-0.3, -0.25) is 0 Å². The van der Waals surface area contributed by atoms with Crippen LogP contribution in [-0.2, 0) is 4.74 Å². The van der Waals surface area contributed by atoms with Gasteiger partial charge in [0.05, 0.1) is 18.2 Å². The SMILES string of the molecule is CCNC(C)c1nnc(NC2(C)CCOC2)o1. The van der Waals surface area contributed by atoms with Crippen LogP contribution in [0.15, 0.2) is 4.42 Å². The van der Waals surface area contributed by atoms with Gasteiger partial charge in [0, 0.05) is 6.61 Å². The minimum atomic E-state index is -0.0920. The molecule has 0 radical (unpaired) electrons. The molecule has 0 aliphatic carbocycles. The number of ether oxygens (including phenoxy) is 1. The maximum Gasteiger partial charge on any atom is 0.316 e. The predicted octanol–water partition coefficient (Wildman–Crippen LogP) is 1.33. The Balaban J connectivity index is 1.98. The molecule has 6 nitrogen and oxygen atoms in total. The fourth-order valence-corrected chi connectivity index (χ4v) is 1.88. The lowest BCUT2D eigenvalue weighted by Gasteiger charge is -2.21. The number of aromatic nitrogens is 2. The van der Waals surface area contributed by atoms with Gasteiger partial charge in [-0.25, -0.2) is 0 Å². The zero-order valence-corrected chi connectivity index (χ0v) is 10.6. The second kappa shape index (κ2) is 5.01. The fourth-order valence-electron chi connectivity index (χ4n) is 1.88. The van der Waals surface area contributed by atoms with Crippen molar-refractivity contribution in [1.29, 1.82) is 0 Å². The van der Waals surface area contributed by atoms with E-state index in [4.69, 9.17) is 9.15 Å². The Kier molecular flexibility index (Phi) is 3.63. The third-order valence-electron chi connectivity index (χ3n) is 2.95. The molecule has 96 valence electrons. The minimum Gasteiger partial charge on any atom is -0.406 e. The van der Waals surface area contributed by atoms with E-state index in [-0.39, 0.29) is 11.6 Å². The Morgan fingerprint density at radius 3 is 2.94 bits per heavy atom. The van der Waals surface area contributed by atoms with Crippen LogP contribution in [-0.4, -0.2) is 35.5 Å². The Morgan fingerprint density at radius 1 is 1.47 bits per heavy atom. The quantitative estimate of drug-likeness (QED) is 0.809. The Labute approximate surface area is 101 Å². The molecule has 17 heavy (non-hydrogen) atoms. The molecule has 1 aliphatic rings. The van der Waals surface area contributed by atoms with E-state index in [0.717, 1.165) is 19.6 Å². The van der Waals surface area contributed by atoms with E-state index < -0.39 is 0 Å². The summed E-state index contributed by atoms with van der Waals surface area (Å²) in [5, 5.41) is 14.5. The summed E-state index contributed by atoms with van der Waals surface area (Å²) < 4.78 is 10.9. The fraction of sp³-hybridized carbons (Fsp3) is 0.818. The first-order valence-electron chi connectivity index (χ1n) is 6.06. The molecule has 0 saturated carbocycles. The van der Waals surface area contributed by atoms with Crippen LogP contribution in [0, 0.1) is 0 Å². The molecule has 0 spiro atoms. The number of nitrogens with zero attached hydrogens (tertiary/aromatic N) is 2. The molecule has 1 fully saturated rings. The summed E-state index contributed by atoms with van der Waals surface area (Å²) in [5.41, 5.74) is -0.0920. The standard InChI is InChI=1S/C11H20N4O2/c1-4-12-8(2)9-14-15-10(17-9)13-11(3)5-6-16-7-11/h8,12H,4-7H2,1-3H3,(H,13,15). The van der Waals surface area contributed by atoms with Gasteiger partial charge in [0.15, 0.2) is 0 Å². The van der Waals surface area contributed by atoms with Crippen molar-refractivity contribution in [3.8, 4) is 0 Å². The molecule has 2 rings (SSSR count). The first-order valence-corrected chi connectivity index (χ1v) is 6.06. The average molecular weight is 240 g/mol. The zero-order valence-electron chi connectivity index (χ0n) is 10.6. The third-order valence-corrected chi connectivity index (χ3v) is 2.95. The first kappa shape index (κ1) is 12.3. The van der Waals surface area contributed by atoms with Crippen LogP contribution in [0.2, 0.25) is 0 Å². The van der Waals surface area contributed by atoms with Gasteiger partial charge >= 0.3 is 6.01 Å². The molecule has 1 aromatic rings. The van der Waals surface area contributed by atoms with Crippen molar-refractivity contribution in [3.63, 3.8) is 0 Å². The van der Waals surface area contributed by atoms with Crippen molar-refractivity contribution in [2.24, 2.45) is 0 Å². The molecular weight excluding hydrogens is 220 g/mol. The topological polar surface area (TPSA) is 72.2 Å². The van der Waals surface area contributed by atoms with Crippen molar-refractivity contribution in [2.75, 3.05) is 25.1 Å². The summed E-state index contributed by atoms with van der Waals surface area (Å²) in [5.74, 6) is 0.608. The van der Waals surface area contributed by atoms with Crippen molar-refractivity contribution >= 4 is 6.01 Å². The molecule has 2 atom stereocenters. The van der Waals surface area contributed by atoms with Gasteiger partial charge in [0.2, 0.25) is 5.89 Å². The van der Waals surface area contributed by atoms with Crippen LogP contribution in [0.1, 0.15) is 39.1 Å². The molecule has 2 heterocycles. The highest BCUT2D eigenvalue weighted by Crippen LogP contribution is 2.23. The van der Waals surface area contributed by atoms with Crippen molar-refractivity contribution in [3.05, 3.63) is 5.89 Å². The lowest BCUT2D eigenvalue weighted by molar-refractivity contribution is 0.184. The maximum absolute atomic E-state index is 5.57. The van der Waals surface area contributed by atoms with Gasteiger partial charge in [-0.05, 0) is 26.8 Å². The van der Waals surface area contributed by atoms with Gasteiger partial charge in [-0.15, -0.1) is 5.10 Å². The molecule has 0 aromatic carbocycles. The van der Waals surface area contributed by atoms with Crippen LogP contribution in [0.4, 0.5) is 6.01 Å². The van der Waals surface area contributed by atoms with Gasteiger partial charge in [-0.1, -0.05) is 12.0 Å². The molecule has 0 bridgehead atoms. The average Bonchev–Trinajstić information content (AvgIpc) is 2.89. The van der Waals surface area contributed by atoms with Crippen LogP contribution in [0.3, 0.4) is 0 Å². The smallest absolute Gasteiger partial charge is 0.316 e. The summed E-state index contributed by atoms with van der Waals surface area (Å²) in [4.78, 5) is 0. The van der Waals surface area contributed by atoms with Gasteiger partial charge in [0.25, 0.3) is 0 Å². The Morgan fingerprint density at radius 2 is 2.29 bits per heavy atom. The lowest BCUT2D eigenvalue weighted by atomic mass is 10.0. The molecule has 1 saturated heterocycles. The Hall–Kier alpha value is -1.14. The van der Waals surface area contributed by atoms with E-state index >= 15 is 0 Å². The molecule has 1 aromatic heterocycles. The van der Waals surface area contributed by atoms with E-state index in [1.54, 1.807) is 0 Å². The number of hydrogen-bond acceptors (Lipinski definition) is 6. The maximum atomic E-state index is 5.57.